The van der Waals surface area contributed by atoms with Gasteiger partial charge < -0.3 is 15.0 Å². The van der Waals surface area contributed by atoms with Crippen molar-refractivity contribution < 1.29 is 9.53 Å². The lowest BCUT2D eigenvalue weighted by Gasteiger charge is -2.30. The second kappa shape index (κ2) is 6.75. The van der Waals surface area contributed by atoms with Crippen LogP contribution in [0.3, 0.4) is 0 Å². The predicted molar refractivity (Wildman–Crippen MR) is 81.4 cm³/mol. The van der Waals surface area contributed by atoms with Crippen LogP contribution < -0.4 is 15.0 Å². The van der Waals surface area contributed by atoms with Crippen molar-refractivity contribution in [2.24, 2.45) is 0 Å². The molecule has 0 bridgehead atoms. The van der Waals surface area contributed by atoms with E-state index in [1.165, 1.54) is 5.56 Å². The zero-order valence-electron chi connectivity index (χ0n) is 12.6. The number of hydrogen-bond acceptors (Lipinski definition) is 3. The minimum Gasteiger partial charge on any atom is -0.497 e. The van der Waals surface area contributed by atoms with Crippen LogP contribution >= 0.6 is 0 Å². The molecule has 0 atom stereocenters. The van der Waals surface area contributed by atoms with E-state index >= 15 is 0 Å². The van der Waals surface area contributed by atoms with Crippen molar-refractivity contribution in [3.63, 3.8) is 0 Å². The van der Waals surface area contributed by atoms with Crippen molar-refractivity contribution in [2.75, 3.05) is 25.1 Å². The minimum atomic E-state index is 0.198. The Balaban J connectivity index is 2.06. The van der Waals surface area contributed by atoms with Crippen LogP contribution in [0.25, 0.3) is 0 Å². The lowest BCUT2D eigenvalue weighted by atomic mass is 10.0. The fourth-order valence-electron chi connectivity index (χ4n) is 2.56. The van der Waals surface area contributed by atoms with Crippen molar-refractivity contribution >= 4 is 11.6 Å². The number of nitrogens with one attached hydrogen (secondary N) is 1. The molecule has 1 amide bonds. The average molecular weight is 276 g/mol. The van der Waals surface area contributed by atoms with E-state index in [-0.39, 0.29) is 5.91 Å². The molecule has 0 radical (unpaired) electrons. The molecule has 1 aromatic rings. The van der Waals surface area contributed by atoms with Gasteiger partial charge in [-0.1, -0.05) is 13.8 Å². The Labute approximate surface area is 121 Å². The van der Waals surface area contributed by atoms with Crippen molar-refractivity contribution in [1.29, 1.82) is 0 Å². The maximum atomic E-state index is 12.4. The highest BCUT2D eigenvalue weighted by molar-refractivity contribution is 5.94. The summed E-state index contributed by atoms with van der Waals surface area (Å²) in [6, 6.07) is 6.39. The molecule has 2 rings (SSSR count). The average Bonchev–Trinajstić information content (AvgIpc) is 2.45. The summed E-state index contributed by atoms with van der Waals surface area (Å²) in [7, 11) is 1.67. The molecule has 110 valence electrons. The zero-order chi connectivity index (χ0) is 14.5. The highest BCUT2D eigenvalue weighted by Crippen LogP contribution is 2.30. The summed E-state index contributed by atoms with van der Waals surface area (Å²) in [6.07, 6.45) is 2.58. The van der Waals surface area contributed by atoms with Gasteiger partial charge in [0.05, 0.1) is 7.11 Å². The zero-order valence-corrected chi connectivity index (χ0v) is 12.6. The van der Waals surface area contributed by atoms with Gasteiger partial charge >= 0.3 is 0 Å². The quantitative estimate of drug-likeness (QED) is 0.897. The normalized spacial score (nSPS) is 14.3. The number of rotatable bonds is 5. The fraction of sp³-hybridized carbons (Fsp3) is 0.562. The van der Waals surface area contributed by atoms with Gasteiger partial charge in [-0.05, 0) is 36.6 Å². The topological polar surface area (TPSA) is 41.6 Å². The van der Waals surface area contributed by atoms with Gasteiger partial charge in [0.25, 0.3) is 0 Å². The van der Waals surface area contributed by atoms with E-state index in [0.29, 0.717) is 12.5 Å². The van der Waals surface area contributed by atoms with Gasteiger partial charge in [0.1, 0.15) is 5.75 Å². The lowest BCUT2D eigenvalue weighted by molar-refractivity contribution is -0.118. The van der Waals surface area contributed by atoms with Crippen molar-refractivity contribution in [1.82, 2.24) is 5.32 Å². The molecule has 0 aromatic heterocycles. The number of methoxy groups -OCH3 is 1. The van der Waals surface area contributed by atoms with Crippen LogP contribution in [-0.2, 0) is 11.2 Å². The van der Waals surface area contributed by atoms with E-state index in [1.807, 2.05) is 23.1 Å². The smallest absolute Gasteiger partial charge is 0.228 e. The SMILES string of the molecule is COc1ccc2c(c1)CCCN2C(=O)CCNC(C)C. The van der Waals surface area contributed by atoms with Crippen LogP contribution in [0.2, 0.25) is 0 Å². The molecule has 1 N–H and O–H groups in total. The first-order valence-electron chi connectivity index (χ1n) is 7.32. The maximum absolute atomic E-state index is 12.4. The predicted octanol–water partition coefficient (Wildman–Crippen LogP) is 2.36. The molecule has 0 aliphatic carbocycles. The molecule has 0 spiro atoms. The molecule has 4 nitrogen and oxygen atoms in total. The number of ether oxygens (including phenoxy) is 1. The first-order chi connectivity index (χ1) is 9.61. The number of hydrogen-bond donors (Lipinski definition) is 1. The standard InChI is InChI=1S/C16H24N2O2/c1-12(2)17-9-8-16(19)18-10-4-5-13-11-14(20-3)6-7-15(13)18/h6-7,11-12,17H,4-5,8-10H2,1-3H3. The summed E-state index contributed by atoms with van der Waals surface area (Å²) in [6.45, 7) is 5.73. The van der Waals surface area contributed by atoms with Gasteiger partial charge in [0.15, 0.2) is 0 Å². The van der Waals surface area contributed by atoms with Gasteiger partial charge in [-0.15, -0.1) is 0 Å². The molecule has 0 saturated carbocycles. The molecule has 0 fully saturated rings. The van der Waals surface area contributed by atoms with Crippen LogP contribution in [0.5, 0.6) is 5.75 Å². The molecule has 1 aliphatic rings. The van der Waals surface area contributed by atoms with E-state index in [2.05, 4.69) is 19.2 Å². The Morgan fingerprint density at radius 3 is 2.95 bits per heavy atom. The van der Waals surface area contributed by atoms with Crippen LogP contribution in [0, 0.1) is 0 Å². The molecule has 0 saturated heterocycles. The number of carbonyl (C=O) groups is 1. The second-order valence-electron chi connectivity index (χ2n) is 5.50. The van der Waals surface area contributed by atoms with Crippen molar-refractivity contribution in [3.05, 3.63) is 23.8 Å². The first kappa shape index (κ1) is 14.9. The lowest BCUT2D eigenvalue weighted by Crippen LogP contribution is -2.37. The molecule has 0 unspecified atom stereocenters. The van der Waals surface area contributed by atoms with E-state index in [0.717, 1.165) is 37.4 Å². The second-order valence-corrected chi connectivity index (χ2v) is 5.50. The number of anilines is 1. The number of amides is 1. The third kappa shape index (κ3) is 3.51. The summed E-state index contributed by atoms with van der Waals surface area (Å²) >= 11 is 0. The van der Waals surface area contributed by atoms with E-state index in [9.17, 15) is 4.79 Å². The summed E-state index contributed by atoms with van der Waals surface area (Å²) < 4.78 is 5.25. The minimum absolute atomic E-state index is 0.198. The van der Waals surface area contributed by atoms with Crippen molar-refractivity contribution in [3.8, 4) is 5.75 Å². The summed E-state index contributed by atoms with van der Waals surface area (Å²) in [4.78, 5) is 14.3. The van der Waals surface area contributed by atoms with Crippen LogP contribution in [0.4, 0.5) is 5.69 Å². The van der Waals surface area contributed by atoms with Gasteiger partial charge in [0.2, 0.25) is 5.91 Å². The first-order valence-corrected chi connectivity index (χ1v) is 7.32. The van der Waals surface area contributed by atoms with Crippen LogP contribution in [0.1, 0.15) is 32.3 Å². The van der Waals surface area contributed by atoms with E-state index in [1.54, 1.807) is 7.11 Å². The summed E-state index contributed by atoms with van der Waals surface area (Å²) in [5.74, 6) is 1.06. The molecule has 20 heavy (non-hydrogen) atoms. The molecule has 1 aromatic carbocycles. The van der Waals surface area contributed by atoms with Gasteiger partial charge in [0, 0.05) is 31.2 Å². The Hall–Kier alpha value is -1.55. The molecule has 4 heteroatoms. The molecular weight excluding hydrogens is 252 g/mol. The Morgan fingerprint density at radius 1 is 1.45 bits per heavy atom. The monoisotopic (exact) mass is 276 g/mol. The van der Waals surface area contributed by atoms with Crippen LogP contribution in [0.15, 0.2) is 18.2 Å². The fourth-order valence-corrected chi connectivity index (χ4v) is 2.56. The van der Waals surface area contributed by atoms with Crippen LogP contribution in [-0.4, -0.2) is 32.1 Å². The summed E-state index contributed by atoms with van der Waals surface area (Å²) in [5.41, 5.74) is 2.26. The summed E-state index contributed by atoms with van der Waals surface area (Å²) in [5, 5.41) is 3.29. The highest BCUT2D eigenvalue weighted by Gasteiger charge is 2.22. The third-order valence-electron chi connectivity index (χ3n) is 3.60. The van der Waals surface area contributed by atoms with Gasteiger partial charge in [-0.3, -0.25) is 4.79 Å². The Bertz CT molecular complexity index is 472. The Morgan fingerprint density at radius 2 is 2.25 bits per heavy atom. The number of benzene rings is 1. The van der Waals surface area contributed by atoms with Crippen molar-refractivity contribution in [2.45, 2.75) is 39.2 Å². The van der Waals surface area contributed by atoms with Gasteiger partial charge in [-0.25, -0.2) is 0 Å². The number of carbonyl (C=O) groups excluding carboxylic acids is 1. The van der Waals surface area contributed by atoms with E-state index < -0.39 is 0 Å². The molecule has 1 heterocycles. The molecule has 1 aliphatic heterocycles. The number of nitrogens with zero attached hydrogens (tertiary/aromatic N) is 1. The number of fused-ring (bicyclic) bond motifs is 1. The third-order valence-corrected chi connectivity index (χ3v) is 3.60. The van der Waals surface area contributed by atoms with Gasteiger partial charge in [-0.2, -0.15) is 0 Å². The molecular formula is C16H24N2O2. The van der Waals surface area contributed by atoms with E-state index in [4.69, 9.17) is 4.74 Å². The Kier molecular flexibility index (Phi) is 5.01. The number of aryl methyl sites for hydroxylation is 1. The largest absolute Gasteiger partial charge is 0.497 e. The highest BCUT2D eigenvalue weighted by atomic mass is 16.5. The maximum Gasteiger partial charge on any atom is 0.228 e.